The van der Waals surface area contributed by atoms with Gasteiger partial charge >= 0.3 is 0 Å². The molecule has 2 saturated heterocycles. The minimum absolute atomic E-state index is 0.0398. The third-order valence-corrected chi connectivity index (χ3v) is 5.72. The summed E-state index contributed by atoms with van der Waals surface area (Å²) in [6, 6.07) is 0.937. The van der Waals surface area contributed by atoms with Crippen LogP contribution in [0.15, 0.2) is 0 Å². The van der Waals surface area contributed by atoms with Crippen molar-refractivity contribution in [2.45, 2.75) is 50.6 Å². The average Bonchev–Trinajstić information content (AvgIpc) is 3.16. The monoisotopic (exact) mass is 332 g/mol. The molecule has 2 heterocycles. The van der Waals surface area contributed by atoms with Gasteiger partial charge < -0.3 is 15.5 Å². The van der Waals surface area contributed by atoms with Crippen molar-refractivity contribution in [3.05, 3.63) is 0 Å². The number of piperidine rings is 1. The van der Waals surface area contributed by atoms with Crippen LogP contribution < -0.4 is 10.6 Å². The van der Waals surface area contributed by atoms with Crippen molar-refractivity contribution in [1.29, 1.82) is 5.26 Å². The second kappa shape index (κ2) is 7.20. The maximum absolute atomic E-state index is 12.7. The lowest BCUT2D eigenvalue weighted by atomic mass is 9.91. The summed E-state index contributed by atoms with van der Waals surface area (Å²) in [5.74, 6) is 0.0815. The van der Waals surface area contributed by atoms with Crippen molar-refractivity contribution in [2.75, 3.05) is 13.1 Å². The Morgan fingerprint density at radius 2 is 2.25 bits per heavy atom. The van der Waals surface area contributed by atoms with E-state index in [2.05, 4.69) is 16.7 Å². The number of nitriles is 1. The predicted octanol–water partition coefficient (Wildman–Crippen LogP) is 0.168. The SMILES string of the molecule is N#C[C@H](C[C@@H]1CCCNC1=O)NC(=O)[C@@H]1[C@H]2CCC[C@H]2CN1C=O. The van der Waals surface area contributed by atoms with E-state index in [0.29, 0.717) is 25.4 Å². The van der Waals surface area contributed by atoms with Crippen LogP contribution in [-0.4, -0.2) is 48.3 Å². The maximum atomic E-state index is 12.7. The van der Waals surface area contributed by atoms with E-state index in [9.17, 15) is 19.6 Å². The van der Waals surface area contributed by atoms with Gasteiger partial charge in [0.2, 0.25) is 18.2 Å². The Labute approximate surface area is 141 Å². The molecule has 1 aliphatic carbocycles. The van der Waals surface area contributed by atoms with Crippen LogP contribution in [0, 0.1) is 29.1 Å². The summed E-state index contributed by atoms with van der Waals surface area (Å²) < 4.78 is 0. The molecule has 0 aromatic rings. The lowest BCUT2D eigenvalue weighted by molar-refractivity contribution is -0.133. The summed E-state index contributed by atoms with van der Waals surface area (Å²) in [6.07, 6.45) is 5.82. The minimum Gasteiger partial charge on any atom is -0.356 e. The minimum atomic E-state index is -0.694. The van der Waals surface area contributed by atoms with Gasteiger partial charge in [0.1, 0.15) is 12.1 Å². The van der Waals surface area contributed by atoms with E-state index in [1.165, 1.54) is 0 Å². The van der Waals surface area contributed by atoms with E-state index in [4.69, 9.17) is 0 Å². The van der Waals surface area contributed by atoms with Gasteiger partial charge in [-0.25, -0.2) is 0 Å². The van der Waals surface area contributed by atoms with E-state index < -0.39 is 12.1 Å². The number of likely N-dealkylation sites (tertiary alicyclic amines) is 1. The van der Waals surface area contributed by atoms with Crippen molar-refractivity contribution in [2.24, 2.45) is 17.8 Å². The van der Waals surface area contributed by atoms with Crippen LogP contribution in [0.1, 0.15) is 38.5 Å². The Bertz CT molecular complexity index is 559. The maximum Gasteiger partial charge on any atom is 0.244 e. The smallest absolute Gasteiger partial charge is 0.244 e. The van der Waals surface area contributed by atoms with Gasteiger partial charge in [0.15, 0.2) is 0 Å². The van der Waals surface area contributed by atoms with Gasteiger partial charge in [-0.15, -0.1) is 0 Å². The number of hydrogen-bond acceptors (Lipinski definition) is 4. The Morgan fingerprint density at radius 3 is 2.96 bits per heavy atom. The number of carbonyl (C=O) groups excluding carboxylic acids is 3. The molecule has 3 amide bonds. The zero-order valence-corrected chi connectivity index (χ0v) is 13.7. The third kappa shape index (κ3) is 3.23. The van der Waals surface area contributed by atoms with Crippen molar-refractivity contribution in [1.82, 2.24) is 15.5 Å². The van der Waals surface area contributed by atoms with Gasteiger partial charge in [0, 0.05) is 19.0 Å². The van der Waals surface area contributed by atoms with Crippen LogP contribution in [0.4, 0.5) is 0 Å². The molecule has 1 saturated carbocycles. The Morgan fingerprint density at radius 1 is 1.42 bits per heavy atom. The fraction of sp³-hybridized carbons (Fsp3) is 0.765. The first-order valence-corrected chi connectivity index (χ1v) is 8.82. The molecule has 2 N–H and O–H groups in total. The van der Waals surface area contributed by atoms with Crippen molar-refractivity contribution in [3.63, 3.8) is 0 Å². The molecule has 0 radical (unpaired) electrons. The molecule has 24 heavy (non-hydrogen) atoms. The molecule has 130 valence electrons. The first-order chi connectivity index (χ1) is 11.6. The largest absolute Gasteiger partial charge is 0.356 e. The normalized spacial score (nSPS) is 33.3. The summed E-state index contributed by atoms with van der Waals surface area (Å²) in [5.41, 5.74) is 0. The Hall–Kier alpha value is -2.10. The van der Waals surface area contributed by atoms with E-state index in [1.807, 2.05) is 0 Å². The number of nitrogens with zero attached hydrogens (tertiary/aromatic N) is 2. The quantitative estimate of drug-likeness (QED) is 0.701. The second-order valence-corrected chi connectivity index (χ2v) is 7.16. The molecule has 0 unspecified atom stereocenters. The van der Waals surface area contributed by atoms with Crippen molar-refractivity contribution < 1.29 is 14.4 Å². The van der Waals surface area contributed by atoms with E-state index in [1.54, 1.807) is 4.90 Å². The second-order valence-electron chi connectivity index (χ2n) is 7.16. The van der Waals surface area contributed by atoms with Gasteiger partial charge in [0.05, 0.1) is 6.07 Å². The van der Waals surface area contributed by atoms with Crippen LogP contribution >= 0.6 is 0 Å². The molecule has 3 rings (SSSR count). The van der Waals surface area contributed by atoms with Crippen LogP contribution in [0.2, 0.25) is 0 Å². The molecule has 5 atom stereocenters. The molecule has 0 aromatic heterocycles. The molecule has 0 aromatic carbocycles. The topological polar surface area (TPSA) is 102 Å². The molecule has 3 aliphatic rings. The zero-order chi connectivity index (χ0) is 17.1. The standard InChI is InChI=1S/C17H24N4O3/c18-8-13(7-11-4-2-6-19-16(11)23)20-17(24)15-14-5-1-3-12(14)9-21(15)10-22/h10-15H,1-7,9H2,(H,19,23)(H,20,24)/t11-,12-,13-,14-,15-/m0/s1. The fourth-order valence-electron chi connectivity index (χ4n) is 4.54. The number of carbonyl (C=O) groups is 3. The Balaban J connectivity index is 1.62. The Kier molecular flexibility index (Phi) is 5.03. The number of nitrogens with one attached hydrogen (secondary N) is 2. The molecule has 7 heteroatoms. The molecule has 2 aliphatic heterocycles. The van der Waals surface area contributed by atoms with Crippen molar-refractivity contribution in [3.8, 4) is 6.07 Å². The van der Waals surface area contributed by atoms with E-state index >= 15 is 0 Å². The van der Waals surface area contributed by atoms with Gasteiger partial charge in [-0.05, 0) is 43.9 Å². The third-order valence-electron chi connectivity index (χ3n) is 5.72. The molecule has 7 nitrogen and oxygen atoms in total. The molecule has 0 bridgehead atoms. The summed E-state index contributed by atoms with van der Waals surface area (Å²) in [7, 11) is 0. The van der Waals surface area contributed by atoms with Gasteiger partial charge in [-0.1, -0.05) is 6.42 Å². The van der Waals surface area contributed by atoms with Gasteiger partial charge in [0.25, 0.3) is 0 Å². The summed E-state index contributed by atoms with van der Waals surface area (Å²) >= 11 is 0. The van der Waals surface area contributed by atoms with E-state index in [-0.39, 0.29) is 23.7 Å². The molecule has 3 fully saturated rings. The number of amides is 3. The predicted molar refractivity (Wildman–Crippen MR) is 85.3 cm³/mol. The number of rotatable bonds is 5. The van der Waals surface area contributed by atoms with Crippen LogP contribution in [-0.2, 0) is 14.4 Å². The molecular formula is C17H24N4O3. The summed E-state index contributed by atoms with van der Waals surface area (Å²) in [6.45, 7) is 1.31. The highest BCUT2D eigenvalue weighted by Gasteiger charge is 2.47. The lowest BCUT2D eigenvalue weighted by Gasteiger charge is -2.27. The van der Waals surface area contributed by atoms with Crippen LogP contribution in [0.5, 0.6) is 0 Å². The van der Waals surface area contributed by atoms with Crippen LogP contribution in [0.25, 0.3) is 0 Å². The van der Waals surface area contributed by atoms with E-state index in [0.717, 1.165) is 38.5 Å². The lowest BCUT2D eigenvalue weighted by Crippen LogP contribution is -2.50. The molecule has 0 spiro atoms. The zero-order valence-electron chi connectivity index (χ0n) is 13.7. The van der Waals surface area contributed by atoms with Crippen molar-refractivity contribution >= 4 is 18.2 Å². The average molecular weight is 332 g/mol. The highest BCUT2D eigenvalue weighted by molar-refractivity contribution is 5.85. The summed E-state index contributed by atoms with van der Waals surface area (Å²) in [5, 5.41) is 14.9. The summed E-state index contributed by atoms with van der Waals surface area (Å²) in [4.78, 5) is 37.4. The first kappa shape index (κ1) is 16.7. The highest BCUT2D eigenvalue weighted by atomic mass is 16.2. The fourth-order valence-corrected chi connectivity index (χ4v) is 4.54. The van der Waals surface area contributed by atoms with Gasteiger partial charge in [-0.2, -0.15) is 5.26 Å². The van der Waals surface area contributed by atoms with Crippen LogP contribution in [0.3, 0.4) is 0 Å². The number of fused-ring (bicyclic) bond motifs is 1. The molecular weight excluding hydrogens is 308 g/mol. The van der Waals surface area contributed by atoms with Gasteiger partial charge in [-0.3, -0.25) is 14.4 Å². The first-order valence-electron chi connectivity index (χ1n) is 8.82. The highest BCUT2D eigenvalue weighted by Crippen LogP contribution is 2.41. The number of hydrogen-bond donors (Lipinski definition) is 2.